The molecule has 0 saturated heterocycles. The van der Waals surface area contributed by atoms with Gasteiger partial charge in [-0.2, -0.15) is 8.78 Å². The molecule has 0 aliphatic heterocycles. The zero-order valence-electron chi connectivity index (χ0n) is 23.4. The highest BCUT2D eigenvalue weighted by molar-refractivity contribution is 5.55. The number of nitrogens with zero attached hydrogens (tertiary/aromatic N) is 2. The molecule has 2 aromatic carbocycles. The topological polar surface area (TPSA) is 35.0 Å². The number of aryl methyl sites for hydroxylation is 1. The fourth-order valence-corrected chi connectivity index (χ4v) is 4.02. The van der Waals surface area contributed by atoms with Crippen LogP contribution < -0.4 is 4.74 Å². The third kappa shape index (κ3) is 8.36. The zero-order valence-corrected chi connectivity index (χ0v) is 23.4. The van der Waals surface area contributed by atoms with Crippen molar-refractivity contribution in [2.45, 2.75) is 45.1 Å². The number of halogens is 9. The van der Waals surface area contributed by atoms with Crippen LogP contribution in [0.4, 0.5) is 39.5 Å². The third-order valence-electron chi connectivity index (χ3n) is 6.26. The fraction of sp³-hybridized carbons (Fsp3) is 0.212. The summed E-state index contributed by atoms with van der Waals surface area (Å²) in [6.07, 6.45) is 4.22. The molecule has 12 heteroatoms. The maximum atomic E-state index is 14.9. The number of rotatable bonds is 7. The Labute approximate surface area is 252 Å². The zero-order chi connectivity index (χ0) is 32.7. The predicted molar refractivity (Wildman–Crippen MR) is 146 cm³/mol. The van der Waals surface area contributed by atoms with Gasteiger partial charge in [-0.05, 0) is 48.6 Å². The van der Waals surface area contributed by atoms with Crippen LogP contribution in [-0.4, -0.2) is 9.97 Å². The summed E-state index contributed by atoms with van der Waals surface area (Å²) in [5.41, 5.74) is -2.22. The van der Waals surface area contributed by atoms with Gasteiger partial charge in [-0.3, -0.25) is 0 Å². The van der Waals surface area contributed by atoms with Gasteiger partial charge in [0, 0.05) is 42.1 Å². The highest BCUT2D eigenvalue weighted by Crippen LogP contribution is 2.36. The van der Waals surface area contributed by atoms with E-state index < -0.39 is 69.3 Å². The Morgan fingerprint density at radius 3 is 2.07 bits per heavy atom. The van der Waals surface area contributed by atoms with Crippen molar-refractivity contribution < 1.29 is 44.3 Å². The van der Waals surface area contributed by atoms with Crippen molar-refractivity contribution in [3.63, 3.8) is 0 Å². The normalized spacial score (nSPS) is 13.2. The van der Waals surface area contributed by atoms with Gasteiger partial charge in [-0.25, -0.2) is 40.7 Å². The van der Waals surface area contributed by atoms with Crippen LogP contribution in [0.5, 0.6) is 5.75 Å². The van der Waals surface area contributed by atoms with Crippen molar-refractivity contribution in [2.24, 2.45) is 0 Å². The first-order chi connectivity index (χ1) is 21.4. The summed E-state index contributed by atoms with van der Waals surface area (Å²) in [5.74, 6) is -3.30. The van der Waals surface area contributed by atoms with E-state index in [0.29, 0.717) is 12.1 Å². The van der Waals surface area contributed by atoms with E-state index in [2.05, 4.69) is 45.3 Å². The third-order valence-corrected chi connectivity index (χ3v) is 6.26. The predicted octanol–water partition coefficient (Wildman–Crippen LogP) is 8.84. The first-order valence-corrected chi connectivity index (χ1v) is 13.4. The standard InChI is InChI=1S/C33H21F9N2O/c1-2-3-4-5-21-17-43-30(44-18-21)11-8-19-7-10-24(34)23(25(35)12-19)9-6-20-13-26(36)31(27(37)14-20)33(41,42)45-22-15-28(38)32(40)29(39)16-22/h10,12-18H,2-5,7H2,1H3. The van der Waals surface area contributed by atoms with E-state index in [1.54, 1.807) is 12.4 Å². The summed E-state index contributed by atoms with van der Waals surface area (Å²) < 4.78 is 132. The molecule has 0 fully saturated rings. The molecule has 45 heavy (non-hydrogen) atoms. The van der Waals surface area contributed by atoms with E-state index in [1.165, 1.54) is 0 Å². The van der Waals surface area contributed by atoms with Crippen LogP contribution >= 0.6 is 0 Å². The summed E-state index contributed by atoms with van der Waals surface area (Å²) in [7, 11) is 0. The minimum atomic E-state index is -4.81. The molecular weight excluding hydrogens is 611 g/mol. The largest absolute Gasteiger partial charge is 0.432 e. The Morgan fingerprint density at radius 2 is 1.44 bits per heavy atom. The summed E-state index contributed by atoms with van der Waals surface area (Å²) in [5, 5.41) is 0. The molecular formula is C33H21F9N2O. The van der Waals surface area contributed by atoms with Gasteiger partial charge in [0.25, 0.3) is 0 Å². The molecule has 0 bridgehead atoms. The molecule has 4 rings (SSSR count). The van der Waals surface area contributed by atoms with Crippen LogP contribution in [0.25, 0.3) is 0 Å². The molecule has 1 aliphatic carbocycles. The molecule has 0 atom stereocenters. The molecule has 0 amide bonds. The first kappa shape index (κ1) is 32.9. The minimum Gasteiger partial charge on any atom is -0.429 e. The second-order valence-electron chi connectivity index (χ2n) is 9.66. The van der Waals surface area contributed by atoms with Crippen LogP contribution in [0.15, 0.2) is 71.6 Å². The number of unbranched alkanes of at least 4 members (excludes halogenated alkanes) is 2. The first-order valence-electron chi connectivity index (χ1n) is 13.4. The number of ether oxygens (including phenoxy) is 1. The molecule has 1 heterocycles. The number of alkyl halides is 2. The molecule has 3 aromatic rings. The van der Waals surface area contributed by atoms with Gasteiger partial charge in [0.1, 0.15) is 34.6 Å². The average molecular weight is 633 g/mol. The van der Waals surface area contributed by atoms with E-state index in [1.807, 2.05) is 0 Å². The summed E-state index contributed by atoms with van der Waals surface area (Å²) >= 11 is 0. The highest BCUT2D eigenvalue weighted by atomic mass is 19.3. The van der Waals surface area contributed by atoms with Crippen LogP contribution in [-0.2, 0) is 12.5 Å². The van der Waals surface area contributed by atoms with E-state index >= 15 is 0 Å². The molecule has 1 aliphatic rings. The van der Waals surface area contributed by atoms with Crippen molar-refractivity contribution in [1.82, 2.24) is 9.97 Å². The molecule has 0 N–H and O–H groups in total. The van der Waals surface area contributed by atoms with E-state index in [-0.39, 0.29) is 30.0 Å². The Morgan fingerprint density at radius 1 is 0.800 bits per heavy atom. The number of aromatic nitrogens is 2. The summed E-state index contributed by atoms with van der Waals surface area (Å²) in [4.78, 5) is 8.31. The van der Waals surface area contributed by atoms with Crippen molar-refractivity contribution in [1.29, 1.82) is 0 Å². The summed E-state index contributed by atoms with van der Waals surface area (Å²) in [6, 6.07) is 0.801. The smallest absolute Gasteiger partial charge is 0.429 e. The summed E-state index contributed by atoms with van der Waals surface area (Å²) in [6.45, 7) is 2.09. The van der Waals surface area contributed by atoms with E-state index in [4.69, 9.17) is 0 Å². The second-order valence-corrected chi connectivity index (χ2v) is 9.66. The number of hydrogen-bond donors (Lipinski definition) is 0. The lowest BCUT2D eigenvalue weighted by molar-refractivity contribution is -0.189. The Balaban J connectivity index is 1.54. The van der Waals surface area contributed by atoms with Gasteiger partial charge >= 0.3 is 6.11 Å². The number of benzene rings is 2. The monoisotopic (exact) mass is 632 g/mol. The Hall–Kier alpha value is -4.97. The molecule has 0 unspecified atom stereocenters. The molecule has 0 saturated carbocycles. The van der Waals surface area contributed by atoms with Gasteiger partial charge in [-0.1, -0.05) is 37.5 Å². The average Bonchev–Trinajstić information content (AvgIpc) is 3.10. The van der Waals surface area contributed by atoms with Gasteiger partial charge in [0.15, 0.2) is 17.5 Å². The maximum Gasteiger partial charge on any atom is 0.432 e. The van der Waals surface area contributed by atoms with Gasteiger partial charge in [0.05, 0.1) is 5.57 Å². The van der Waals surface area contributed by atoms with E-state index in [9.17, 15) is 39.5 Å². The number of allylic oxidation sites excluding steroid dienone is 6. The van der Waals surface area contributed by atoms with Crippen LogP contribution in [0.1, 0.15) is 55.1 Å². The second kappa shape index (κ2) is 14.2. The highest BCUT2D eigenvalue weighted by Gasteiger charge is 2.41. The lowest BCUT2D eigenvalue weighted by Gasteiger charge is -2.19. The quantitative estimate of drug-likeness (QED) is 0.113. The van der Waals surface area contributed by atoms with Gasteiger partial charge < -0.3 is 4.74 Å². The van der Waals surface area contributed by atoms with Gasteiger partial charge in [0.2, 0.25) is 5.82 Å². The minimum absolute atomic E-state index is 0.0603. The lowest BCUT2D eigenvalue weighted by atomic mass is 10.1. The Kier molecular flexibility index (Phi) is 10.4. The lowest BCUT2D eigenvalue weighted by Crippen LogP contribution is -2.25. The van der Waals surface area contributed by atoms with Crippen LogP contribution in [0.3, 0.4) is 0 Å². The van der Waals surface area contributed by atoms with Crippen molar-refractivity contribution in [3.8, 4) is 29.4 Å². The van der Waals surface area contributed by atoms with Crippen molar-refractivity contribution >= 4 is 0 Å². The Bertz CT molecular complexity index is 1780. The SMILES string of the molecule is CCCCCc1cnc(C#CC2=CC(F)=C(C#Cc3cc(F)c(C(F)(F)Oc4cc(F)c(F)c(F)c4)c(F)c3)C(F)=CC2)nc1. The fourth-order valence-electron chi connectivity index (χ4n) is 4.02. The van der Waals surface area contributed by atoms with Gasteiger partial charge in [-0.15, -0.1) is 0 Å². The molecule has 1 aromatic heterocycles. The van der Waals surface area contributed by atoms with Crippen molar-refractivity contribution in [3.05, 3.63) is 123 Å². The maximum absolute atomic E-state index is 14.9. The molecule has 232 valence electrons. The molecule has 0 spiro atoms. The van der Waals surface area contributed by atoms with Crippen LogP contribution in [0, 0.1) is 52.8 Å². The molecule has 3 nitrogen and oxygen atoms in total. The molecule has 0 radical (unpaired) electrons. The van der Waals surface area contributed by atoms with E-state index in [0.717, 1.165) is 43.4 Å². The van der Waals surface area contributed by atoms with Crippen LogP contribution in [0.2, 0.25) is 0 Å². The van der Waals surface area contributed by atoms with Crippen molar-refractivity contribution in [2.75, 3.05) is 0 Å². The number of hydrogen-bond acceptors (Lipinski definition) is 3.